The van der Waals surface area contributed by atoms with E-state index in [-0.39, 0.29) is 5.28 Å². The summed E-state index contributed by atoms with van der Waals surface area (Å²) in [5.74, 6) is 6.92. The van der Waals surface area contributed by atoms with E-state index in [9.17, 15) is 0 Å². The van der Waals surface area contributed by atoms with Gasteiger partial charge in [-0.15, -0.1) is 0 Å². The average molecular weight is 1660 g/mol. The molecule has 546 valence electrons. The molecule has 0 atom stereocenters. The van der Waals surface area contributed by atoms with E-state index in [1.165, 1.54) is 83.4 Å². The average Bonchev–Trinajstić information content (AvgIpc) is 1.70. The molecule has 1 N–H and O–H groups in total. The second kappa shape index (κ2) is 40.4. The smallest absolute Gasteiger partial charge is 0.224 e. The molecule has 8 heterocycles. The Morgan fingerprint density at radius 2 is 0.904 bits per heavy atom. The number of alkyl halides is 1. The molecule has 11 aromatic rings. The number of nitrogens with zero attached hydrogens (tertiary/aromatic N) is 13. The molecular formula is C81H97Cl2IN14O5Sn. The first-order valence-electron chi connectivity index (χ1n) is 36.3. The maximum Gasteiger partial charge on any atom is 0.224 e. The van der Waals surface area contributed by atoms with E-state index in [1.54, 1.807) is 39.2 Å². The predicted molar refractivity (Wildman–Crippen MR) is 426 cm³/mol. The van der Waals surface area contributed by atoms with Crippen molar-refractivity contribution in [3.05, 3.63) is 242 Å². The van der Waals surface area contributed by atoms with Crippen LogP contribution in [0.25, 0.3) is 11.5 Å². The number of methoxy groups -OCH3 is 2. The zero-order valence-electron chi connectivity index (χ0n) is 61.3. The number of oxazole rings is 3. The van der Waals surface area contributed by atoms with E-state index < -0.39 is 18.4 Å². The quantitative estimate of drug-likeness (QED) is 0.0209. The van der Waals surface area contributed by atoms with Crippen molar-refractivity contribution in [2.75, 3.05) is 48.4 Å². The molecular weight excluding hydrogens is 1570 g/mol. The SMILES string of the molecule is CCC[CH2][Sn]([CH2]CCC)([CH2]CCC)[c]1cc(OC)ccn1.CI.CN(Cc1nc(Cc2ccccc2)co1)c1nc(Cl)nc2c1CCC2.COc1ccnc(-c2nc3c(c(N(C)Cc4nc(Cc5ccccc5)co4)n2)CCC3)c1.Clc1nc2c(c(NCc3nc(Cc4ccccc4)co3)n1)CCC2. The maximum atomic E-state index is 6.08. The normalized spacial score (nSPS) is 12.4. The van der Waals surface area contributed by atoms with Gasteiger partial charge in [-0.1, -0.05) is 114 Å². The summed E-state index contributed by atoms with van der Waals surface area (Å²) < 4.78 is 33.6. The first-order chi connectivity index (χ1) is 50.9. The summed E-state index contributed by atoms with van der Waals surface area (Å²) in [5.41, 5.74) is 13.9. The van der Waals surface area contributed by atoms with Gasteiger partial charge in [-0.25, -0.2) is 44.9 Å². The van der Waals surface area contributed by atoms with Gasteiger partial charge in [0.15, 0.2) is 5.82 Å². The number of unbranched alkanes of at least 4 members (excludes halogenated alkanes) is 3. The minimum absolute atomic E-state index is 0.287. The van der Waals surface area contributed by atoms with Gasteiger partial charge in [-0.2, -0.15) is 0 Å². The molecule has 3 aliphatic carbocycles. The van der Waals surface area contributed by atoms with Crippen molar-refractivity contribution in [2.45, 2.75) is 169 Å². The predicted octanol–water partition coefficient (Wildman–Crippen LogP) is 18.1. The van der Waals surface area contributed by atoms with Crippen LogP contribution in [0.1, 0.15) is 164 Å². The van der Waals surface area contributed by atoms with E-state index in [0.717, 1.165) is 146 Å². The van der Waals surface area contributed by atoms with Crippen molar-refractivity contribution >= 4 is 85.3 Å². The van der Waals surface area contributed by atoms with Crippen molar-refractivity contribution in [3.63, 3.8) is 0 Å². The van der Waals surface area contributed by atoms with Gasteiger partial charge < -0.3 is 33.1 Å². The molecule has 0 fully saturated rings. The number of halogens is 3. The van der Waals surface area contributed by atoms with Crippen LogP contribution in [0, 0.1) is 0 Å². The zero-order valence-corrected chi connectivity index (χ0v) is 67.8. The first-order valence-corrected chi connectivity index (χ1v) is 46.7. The molecule has 14 rings (SSSR count). The largest absolute Gasteiger partial charge is 0.497 e. The number of benzene rings is 3. The molecule has 3 aliphatic rings. The summed E-state index contributed by atoms with van der Waals surface area (Å²) in [6, 6.07) is 38.7. The number of fused-ring (bicyclic) bond motifs is 3. The molecule has 8 aromatic heterocycles. The fourth-order valence-electron chi connectivity index (χ4n) is 13.5. The zero-order chi connectivity index (χ0) is 73.1. The Morgan fingerprint density at radius 3 is 1.39 bits per heavy atom. The molecule has 19 nitrogen and oxygen atoms in total. The van der Waals surface area contributed by atoms with Gasteiger partial charge >= 0.3 is 136 Å². The van der Waals surface area contributed by atoms with Crippen LogP contribution < -0.4 is 28.3 Å². The Hall–Kier alpha value is -8.06. The molecule has 0 saturated carbocycles. The third-order valence-corrected chi connectivity index (χ3v) is 34.2. The van der Waals surface area contributed by atoms with Crippen LogP contribution in [0.3, 0.4) is 0 Å². The fraction of sp³-hybridized carbons (Fsp3) is 0.395. The van der Waals surface area contributed by atoms with E-state index in [1.807, 2.05) is 103 Å². The molecule has 0 unspecified atom stereocenters. The van der Waals surface area contributed by atoms with Crippen molar-refractivity contribution in [1.82, 2.24) is 54.8 Å². The van der Waals surface area contributed by atoms with E-state index in [0.29, 0.717) is 54.1 Å². The van der Waals surface area contributed by atoms with Crippen molar-refractivity contribution in [3.8, 4) is 23.0 Å². The molecule has 3 aromatic carbocycles. The van der Waals surface area contributed by atoms with Crippen LogP contribution in [-0.4, -0.2) is 106 Å². The summed E-state index contributed by atoms with van der Waals surface area (Å²) in [4.78, 5) is 56.3. The summed E-state index contributed by atoms with van der Waals surface area (Å²) in [7, 11) is 7.41. The summed E-state index contributed by atoms with van der Waals surface area (Å²) in [5, 5.41) is 3.88. The summed E-state index contributed by atoms with van der Waals surface area (Å²) in [6.07, 6.45) is 28.3. The molecule has 0 saturated heterocycles. The number of aromatic nitrogens is 11. The number of aryl methyl sites for hydroxylation is 3. The van der Waals surface area contributed by atoms with Crippen LogP contribution >= 0.6 is 45.8 Å². The number of nitrogens with one attached hydrogen (secondary N) is 1. The number of ether oxygens (including phenoxy) is 2. The minimum atomic E-state index is -2.35. The minimum Gasteiger partial charge on any atom is -0.497 e. The molecule has 23 heteroatoms. The maximum absolute atomic E-state index is 6.08. The topological polar surface area (TPSA) is 218 Å². The fourth-order valence-corrected chi connectivity index (χ4v) is 29.3. The van der Waals surface area contributed by atoms with Crippen LogP contribution in [0.4, 0.5) is 17.5 Å². The monoisotopic (exact) mass is 1660 g/mol. The van der Waals surface area contributed by atoms with Gasteiger partial charge in [0.25, 0.3) is 0 Å². The van der Waals surface area contributed by atoms with Crippen LogP contribution in [0.15, 0.2) is 160 Å². The van der Waals surface area contributed by atoms with Gasteiger partial charge in [0.1, 0.15) is 47.7 Å². The van der Waals surface area contributed by atoms with Crippen LogP contribution in [0.2, 0.25) is 23.9 Å². The number of hydrogen-bond donors (Lipinski definition) is 1. The number of anilines is 3. The molecule has 0 aliphatic heterocycles. The molecule has 0 bridgehead atoms. The van der Waals surface area contributed by atoms with Gasteiger partial charge in [0.05, 0.1) is 55.2 Å². The summed E-state index contributed by atoms with van der Waals surface area (Å²) >= 11 is 11.9. The third-order valence-electron chi connectivity index (χ3n) is 18.8. The Morgan fingerprint density at radius 1 is 0.481 bits per heavy atom. The first kappa shape index (κ1) is 78.5. The van der Waals surface area contributed by atoms with Crippen molar-refractivity contribution < 1.29 is 22.7 Å². The Bertz CT molecular complexity index is 4410. The van der Waals surface area contributed by atoms with Crippen LogP contribution in [-0.2, 0) is 77.4 Å². The Labute approximate surface area is 640 Å². The van der Waals surface area contributed by atoms with Gasteiger partial charge in [0.2, 0.25) is 28.2 Å². The second-order valence-electron chi connectivity index (χ2n) is 26.4. The van der Waals surface area contributed by atoms with Crippen molar-refractivity contribution in [1.29, 1.82) is 0 Å². The number of rotatable bonds is 28. The summed E-state index contributed by atoms with van der Waals surface area (Å²) in [6.45, 7) is 8.51. The standard InChI is InChI=1S/C25H25N5O2.C19H19ClN4O.C18H17ClN4O.C6H6NO.3C4H9.CH3I.Sn/c1-30(15-23-27-18(16-32-23)13-17-7-4-3-5-8-17)25-20-9-6-10-21(20)28-24(29-25)22-14-19(31-2)11-12-26-22;1-24(18-15-8-5-9-16(15)22-19(20)23-18)11-17-21-14(12-25-17)10-13-6-3-2-4-7-13;19-18-22-15-8-4-7-14(15)17(23-18)20-10-16-21-13(11-24-16)9-12-5-2-1-3-6-12;1-8-6-2-4-7-5-3-6;3*1-3-4-2;1-2;/h3-5,7-8,11-12,14,16H,6,9-10,13,15H2,1-2H3;2-4,6-7,12H,5,8-11H2,1H3;1-3,5-6,11H,4,7-10H2,(H,20,22,23);2-4H,1H3;3*1,3-4H2,2H3;1H3;. The van der Waals surface area contributed by atoms with Gasteiger partial charge in [0, 0.05) is 68.0 Å². The number of pyridine rings is 2. The molecule has 0 amide bonds. The van der Waals surface area contributed by atoms with Gasteiger partial charge in [-0.05, 0) is 109 Å². The van der Waals surface area contributed by atoms with Crippen LogP contribution in [0.5, 0.6) is 11.5 Å². The molecule has 0 radical (unpaired) electrons. The van der Waals surface area contributed by atoms with E-state index >= 15 is 0 Å². The van der Waals surface area contributed by atoms with Gasteiger partial charge in [-0.3, -0.25) is 4.98 Å². The molecule has 104 heavy (non-hydrogen) atoms. The van der Waals surface area contributed by atoms with E-state index in [2.05, 4.69) is 136 Å². The Balaban J connectivity index is 0.000000149. The van der Waals surface area contributed by atoms with Crippen molar-refractivity contribution in [2.24, 2.45) is 0 Å². The number of hydrogen-bond acceptors (Lipinski definition) is 19. The third kappa shape index (κ3) is 22.3. The van der Waals surface area contributed by atoms with E-state index in [4.69, 9.17) is 60.9 Å². The Kier molecular flexibility index (Phi) is 30.5. The molecule has 0 spiro atoms. The second-order valence-corrected chi connectivity index (χ2v) is 40.1.